The maximum atomic E-state index is 12.3. The molecule has 0 bridgehead atoms. The molecule has 4 rings (SSSR count). The SMILES string of the molecule is Cn1cc(CCNC(=O)Cn2ccc3ccc(Cl)cc32)c2ccccc21. The minimum absolute atomic E-state index is 0.00251. The molecule has 0 saturated carbocycles. The van der Waals surface area contributed by atoms with Crippen molar-refractivity contribution in [2.45, 2.75) is 13.0 Å². The summed E-state index contributed by atoms with van der Waals surface area (Å²) in [6, 6.07) is 16.0. The van der Waals surface area contributed by atoms with Crippen molar-refractivity contribution in [3.05, 3.63) is 71.5 Å². The quantitative estimate of drug-likeness (QED) is 0.567. The van der Waals surface area contributed by atoms with E-state index in [0.29, 0.717) is 18.1 Å². The summed E-state index contributed by atoms with van der Waals surface area (Å²) >= 11 is 6.07. The molecule has 1 N–H and O–H groups in total. The Bertz CT molecular complexity index is 1090. The molecule has 0 saturated heterocycles. The second kappa shape index (κ2) is 6.89. The van der Waals surface area contributed by atoms with E-state index in [9.17, 15) is 4.79 Å². The number of halogens is 1. The lowest BCUT2D eigenvalue weighted by atomic mass is 10.1. The highest BCUT2D eigenvalue weighted by molar-refractivity contribution is 6.31. The van der Waals surface area contributed by atoms with Gasteiger partial charge in [0, 0.05) is 47.4 Å². The molecule has 1 amide bonds. The largest absolute Gasteiger partial charge is 0.354 e. The van der Waals surface area contributed by atoms with Gasteiger partial charge in [-0.3, -0.25) is 4.79 Å². The lowest BCUT2D eigenvalue weighted by Crippen LogP contribution is -2.29. The van der Waals surface area contributed by atoms with Crippen molar-refractivity contribution in [1.29, 1.82) is 0 Å². The van der Waals surface area contributed by atoms with E-state index in [2.05, 4.69) is 28.2 Å². The Kier molecular flexibility index (Phi) is 4.43. The predicted molar refractivity (Wildman–Crippen MR) is 107 cm³/mol. The molecule has 0 atom stereocenters. The van der Waals surface area contributed by atoms with Crippen molar-refractivity contribution in [2.75, 3.05) is 6.54 Å². The van der Waals surface area contributed by atoms with Crippen molar-refractivity contribution < 1.29 is 4.79 Å². The van der Waals surface area contributed by atoms with Crippen molar-refractivity contribution in [3.63, 3.8) is 0 Å². The van der Waals surface area contributed by atoms with Gasteiger partial charge in [0.2, 0.25) is 5.91 Å². The zero-order valence-corrected chi connectivity index (χ0v) is 15.3. The Morgan fingerprint density at radius 1 is 1.12 bits per heavy atom. The van der Waals surface area contributed by atoms with Crippen LogP contribution in [0.25, 0.3) is 21.8 Å². The Morgan fingerprint density at radius 3 is 2.85 bits per heavy atom. The normalized spacial score (nSPS) is 11.3. The molecule has 2 aromatic heterocycles. The molecule has 26 heavy (non-hydrogen) atoms. The van der Waals surface area contributed by atoms with E-state index < -0.39 is 0 Å². The van der Waals surface area contributed by atoms with Crippen LogP contribution in [0.2, 0.25) is 5.02 Å². The minimum Gasteiger partial charge on any atom is -0.354 e. The molecule has 0 unspecified atom stereocenters. The molecule has 0 spiro atoms. The van der Waals surface area contributed by atoms with Gasteiger partial charge in [-0.2, -0.15) is 0 Å². The Hall–Kier alpha value is -2.72. The van der Waals surface area contributed by atoms with Crippen molar-refractivity contribution >= 4 is 39.3 Å². The van der Waals surface area contributed by atoms with Crippen LogP contribution in [0, 0.1) is 0 Å². The van der Waals surface area contributed by atoms with Gasteiger partial charge in [0.05, 0.1) is 0 Å². The average Bonchev–Trinajstić information content (AvgIpc) is 3.17. The van der Waals surface area contributed by atoms with E-state index in [1.54, 1.807) is 0 Å². The third-order valence-electron chi connectivity index (χ3n) is 4.75. The highest BCUT2D eigenvalue weighted by Gasteiger charge is 2.09. The van der Waals surface area contributed by atoms with E-state index in [1.807, 2.05) is 54.2 Å². The fourth-order valence-corrected chi connectivity index (χ4v) is 3.63. The molecule has 4 aromatic rings. The lowest BCUT2D eigenvalue weighted by molar-refractivity contribution is -0.121. The van der Waals surface area contributed by atoms with Crippen LogP contribution in [0.5, 0.6) is 0 Å². The van der Waals surface area contributed by atoms with E-state index >= 15 is 0 Å². The van der Waals surface area contributed by atoms with Crippen LogP contribution in [0.15, 0.2) is 60.9 Å². The maximum absolute atomic E-state index is 12.3. The van der Waals surface area contributed by atoms with E-state index in [4.69, 9.17) is 11.6 Å². The molecule has 132 valence electrons. The van der Waals surface area contributed by atoms with Crippen LogP contribution < -0.4 is 5.32 Å². The predicted octanol–water partition coefficient (Wildman–Crippen LogP) is 4.15. The Morgan fingerprint density at radius 2 is 1.96 bits per heavy atom. The van der Waals surface area contributed by atoms with Gasteiger partial charge in [0.15, 0.2) is 0 Å². The smallest absolute Gasteiger partial charge is 0.239 e. The van der Waals surface area contributed by atoms with Gasteiger partial charge < -0.3 is 14.5 Å². The van der Waals surface area contributed by atoms with Gasteiger partial charge in [-0.15, -0.1) is 0 Å². The van der Waals surface area contributed by atoms with Gasteiger partial charge in [0.25, 0.3) is 0 Å². The first kappa shape index (κ1) is 16.7. The van der Waals surface area contributed by atoms with Crippen LogP contribution in [-0.2, 0) is 24.8 Å². The summed E-state index contributed by atoms with van der Waals surface area (Å²) in [6.07, 6.45) is 4.87. The van der Waals surface area contributed by atoms with Crippen LogP contribution in [0.3, 0.4) is 0 Å². The molecule has 2 aromatic carbocycles. The summed E-state index contributed by atoms with van der Waals surface area (Å²) in [6.45, 7) is 0.909. The fourth-order valence-electron chi connectivity index (χ4n) is 3.47. The number of hydrogen-bond donors (Lipinski definition) is 1. The van der Waals surface area contributed by atoms with Crippen molar-refractivity contribution in [2.24, 2.45) is 7.05 Å². The molecular formula is C21H20ClN3O. The summed E-state index contributed by atoms with van der Waals surface area (Å²) in [7, 11) is 2.05. The molecule has 2 heterocycles. The third kappa shape index (κ3) is 3.20. The number of para-hydroxylation sites is 1. The standard InChI is InChI=1S/C21H20ClN3O/c1-24-13-16(18-4-2-3-5-19(18)24)8-10-23-21(26)14-25-11-9-15-6-7-17(22)12-20(15)25/h2-7,9,11-13H,8,10,14H2,1H3,(H,23,26). The minimum atomic E-state index is 0.00251. The van der Waals surface area contributed by atoms with E-state index in [-0.39, 0.29) is 5.91 Å². The second-order valence-corrected chi connectivity index (χ2v) is 6.97. The number of carbonyl (C=O) groups is 1. The van der Waals surface area contributed by atoms with Gasteiger partial charge in [-0.05, 0) is 41.6 Å². The van der Waals surface area contributed by atoms with Crippen LogP contribution in [0.1, 0.15) is 5.56 Å². The molecule has 5 heteroatoms. The number of carbonyl (C=O) groups excluding carboxylic acids is 1. The maximum Gasteiger partial charge on any atom is 0.239 e. The molecule has 4 nitrogen and oxygen atoms in total. The highest BCUT2D eigenvalue weighted by Crippen LogP contribution is 2.21. The third-order valence-corrected chi connectivity index (χ3v) is 4.98. The number of rotatable bonds is 5. The topological polar surface area (TPSA) is 39.0 Å². The number of nitrogens with zero attached hydrogens (tertiary/aromatic N) is 2. The fraction of sp³-hybridized carbons (Fsp3) is 0.190. The second-order valence-electron chi connectivity index (χ2n) is 6.53. The summed E-state index contributed by atoms with van der Waals surface area (Å²) in [5.74, 6) is 0.00251. The first-order chi connectivity index (χ1) is 12.6. The number of nitrogens with one attached hydrogen (secondary N) is 1. The van der Waals surface area contributed by atoms with Gasteiger partial charge in [0.1, 0.15) is 6.54 Å². The molecule has 0 aliphatic rings. The zero-order chi connectivity index (χ0) is 18.1. The van der Waals surface area contributed by atoms with Gasteiger partial charge in [-0.1, -0.05) is 35.9 Å². The summed E-state index contributed by atoms with van der Waals surface area (Å²) in [4.78, 5) is 12.3. The first-order valence-electron chi connectivity index (χ1n) is 8.66. The molecule has 0 fully saturated rings. The molecule has 0 aliphatic heterocycles. The van der Waals surface area contributed by atoms with Gasteiger partial charge in [-0.25, -0.2) is 0 Å². The summed E-state index contributed by atoms with van der Waals surface area (Å²) in [5.41, 5.74) is 3.44. The summed E-state index contributed by atoms with van der Waals surface area (Å²) < 4.78 is 4.05. The monoisotopic (exact) mass is 365 g/mol. The number of fused-ring (bicyclic) bond motifs is 2. The number of hydrogen-bond acceptors (Lipinski definition) is 1. The van der Waals surface area contributed by atoms with Gasteiger partial charge >= 0.3 is 0 Å². The van der Waals surface area contributed by atoms with Crippen molar-refractivity contribution in [3.8, 4) is 0 Å². The summed E-state index contributed by atoms with van der Waals surface area (Å²) in [5, 5.41) is 6.02. The number of aromatic nitrogens is 2. The number of benzene rings is 2. The number of aryl methyl sites for hydroxylation is 1. The zero-order valence-electron chi connectivity index (χ0n) is 14.6. The van der Waals surface area contributed by atoms with Crippen LogP contribution >= 0.6 is 11.6 Å². The lowest BCUT2D eigenvalue weighted by Gasteiger charge is -2.07. The van der Waals surface area contributed by atoms with E-state index in [0.717, 1.165) is 17.3 Å². The van der Waals surface area contributed by atoms with Crippen LogP contribution in [-0.4, -0.2) is 21.6 Å². The molecule has 0 aliphatic carbocycles. The molecular weight excluding hydrogens is 346 g/mol. The Balaban J connectivity index is 1.40. The first-order valence-corrected chi connectivity index (χ1v) is 9.03. The highest BCUT2D eigenvalue weighted by atomic mass is 35.5. The average molecular weight is 366 g/mol. The number of amides is 1. The van der Waals surface area contributed by atoms with Crippen molar-refractivity contribution in [1.82, 2.24) is 14.5 Å². The molecule has 0 radical (unpaired) electrons. The van der Waals surface area contributed by atoms with Crippen LogP contribution in [0.4, 0.5) is 0 Å². The van der Waals surface area contributed by atoms with E-state index in [1.165, 1.54) is 16.5 Å². The Labute approximate surface area is 157 Å².